The summed E-state index contributed by atoms with van der Waals surface area (Å²) in [6, 6.07) is 24.4. The third kappa shape index (κ3) is 8.26. The fourth-order valence-corrected chi connectivity index (χ4v) is 3.22. The van der Waals surface area contributed by atoms with E-state index < -0.39 is 30.7 Å². The van der Waals surface area contributed by atoms with E-state index in [1.165, 1.54) is 0 Å². The lowest BCUT2D eigenvalue weighted by Crippen LogP contribution is -2.31. The van der Waals surface area contributed by atoms with Crippen molar-refractivity contribution in [3.8, 4) is 5.75 Å². The predicted molar refractivity (Wildman–Crippen MR) is 127 cm³/mol. The third-order valence-electron chi connectivity index (χ3n) is 4.84. The molecule has 3 aromatic rings. The zero-order valence-corrected chi connectivity index (χ0v) is 19.1. The summed E-state index contributed by atoms with van der Waals surface area (Å²) in [5.41, 5.74) is 1.32. The van der Waals surface area contributed by atoms with Crippen molar-refractivity contribution < 1.29 is 28.6 Å². The van der Waals surface area contributed by atoms with E-state index in [4.69, 9.17) is 25.8 Å². The standard InChI is InChI=1S/C26H24ClNO6/c27-22-11-13-23(14-12-22)34-25(30)21(17-19-7-3-1-4-8-19)15-16-28-26(31)33-18-32-24(29)20-9-5-2-6-10-20/h1-14,21H,15-18H2,(H,28,31). The Hall–Kier alpha value is -3.84. The topological polar surface area (TPSA) is 90.9 Å². The van der Waals surface area contributed by atoms with Gasteiger partial charge >= 0.3 is 18.0 Å². The van der Waals surface area contributed by atoms with Gasteiger partial charge in [-0.2, -0.15) is 0 Å². The molecule has 1 amide bonds. The van der Waals surface area contributed by atoms with Crippen molar-refractivity contribution >= 4 is 29.6 Å². The zero-order chi connectivity index (χ0) is 24.2. The van der Waals surface area contributed by atoms with Crippen LogP contribution < -0.4 is 10.1 Å². The number of amides is 1. The Morgan fingerprint density at radius 1 is 0.824 bits per heavy atom. The SMILES string of the molecule is O=C(NCCC(Cc1ccccc1)C(=O)Oc1ccc(Cl)cc1)OCOC(=O)c1ccccc1. The van der Waals surface area contributed by atoms with Crippen LogP contribution in [0.25, 0.3) is 0 Å². The van der Waals surface area contributed by atoms with Gasteiger partial charge in [-0.3, -0.25) is 4.79 Å². The number of benzene rings is 3. The molecule has 0 heterocycles. The van der Waals surface area contributed by atoms with Crippen molar-refractivity contribution in [2.45, 2.75) is 12.8 Å². The van der Waals surface area contributed by atoms with E-state index in [1.54, 1.807) is 54.6 Å². The second kappa shape index (κ2) is 13.0. The van der Waals surface area contributed by atoms with Gasteiger partial charge in [-0.1, -0.05) is 60.1 Å². The van der Waals surface area contributed by atoms with Crippen molar-refractivity contribution in [3.63, 3.8) is 0 Å². The van der Waals surface area contributed by atoms with E-state index in [0.29, 0.717) is 29.2 Å². The highest BCUT2D eigenvalue weighted by molar-refractivity contribution is 6.30. The average molecular weight is 482 g/mol. The minimum atomic E-state index is -0.759. The highest BCUT2D eigenvalue weighted by atomic mass is 35.5. The van der Waals surface area contributed by atoms with Gasteiger partial charge in [-0.25, -0.2) is 9.59 Å². The molecule has 3 rings (SSSR count). The molecule has 8 heteroatoms. The Kier molecular flexibility index (Phi) is 9.49. The lowest BCUT2D eigenvalue weighted by atomic mass is 9.96. The molecular weight excluding hydrogens is 458 g/mol. The maximum atomic E-state index is 12.8. The van der Waals surface area contributed by atoms with Gasteiger partial charge < -0.3 is 19.5 Å². The van der Waals surface area contributed by atoms with Crippen LogP contribution in [0, 0.1) is 5.92 Å². The predicted octanol–water partition coefficient (Wildman–Crippen LogP) is 5.04. The maximum Gasteiger partial charge on any atom is 0.410 e. The molecule has 0 aromatic heterocycles. The number of carbonyl (C=O) groups is 3. The van der Waals surface area contributed by atoms with E-state index in [0.717, 1.165) is 5.56 Å². The number of hydrogen-bond donors (Lipinski definition) is 1. The summed E-state index contributed by atoms with van der Waals surface area (Å²) in [5.74, 6) is -1.13. The highest BCUT2D eigenvalue weighted by Gasteiger charge is 2.22. The van der Waals surface area contributed by atoms with Gasteiger partial charge in [-0.15, -0.1) is 0 Å². The van der Waals surface area contributed by atoms with Gasteiger partial charge in [0.1, 0.15) is 5.75 Å². The van der Waals surface area contributed by atoms with E-state index in [2.05, 4.69) is 5.32 Å². The Labute approximate surface area is 202 Å². The summed E-state index contributed by atoms with van der Waals surface area (Å²) < 4.78 is 15.3. The van der Waals surface area contributed by atoms with Crippen molar-refractivity contribution in [2.24, 2.45) is 5.92 Å². The van der Waals surface area contributed by atoms with Gasteiger partial charge in [0.05, 0.1) is 11.5 Å². The first kappa shape index (κ1) is 24.8. The minimum Gasteiger partial charge on any atom is -0.426 e. The number of rotatable bonds is 10. The van der Waals surface area contributed by atoms with Crippen molar-refractivity contribution in [2.75, 3.05) is 13.3 Å². The number of alkyl carbamates (subject to hydrolysis) is 1. The van der Waals surface area contributed by atoms with Crippen LogP contribution in [0.15, 0.2) is 84.9 Å². The van der Waals surface area contributed by atoms with Crippen LogP contribution >= 0.6 is 11.6 Å². The van der Waals surface area contributed by atoms with Gasteiger partial charge in [0.2, 0.25) is 6.79 Å². The summed E-state index contributed by atoms with van der Waals surface area (Å²) in [5, 5.41) is 3.10. The van der Waals surface area contributed by atoms with Crippen molar-refractivity contribution in [3.05, 3.63) is 101 Å². The molecule has 0 aliphatic heterocycles. The Bertz CT molecular complexity index is 1070. The lowest BCUT2D eigenvalue weighted by Gasteiger charge is -2.16. The number of ether oxygens (including phenoxy) is 3. The van der Waals surface area contributed by atoms with Crippen molar-refractivity contribution in [1.82, 2.24) is 5.32 Å². The molecule has 0 fully saturated rings. The van der Waals surface area contributed by atoms with E-state index in [9.17, 15) is 14.4 Å². The number of nitrogens with one attached hydrogen (secondary N) is 1. The number of halogens is 1. The van der Waals surface area contributed by atoms with Gasteiger partial charge in [0.15, 0.2) is 0 Å². The molecule has 0 spiro atoms. The van der Waals surface area contributed by atoms with Crippen LogP contribution in [-0.2, 0) is 20.7 Å². The molecule has 34 heavy (non-hydrogen) atoms. The quantitative estimate of drug-likeness (QED) is 0.248. The fourth-order valence-electron chi connectivity index (χ4n) is 3.10. The first-order valence-electron chi connectivity index (χ1n) is 10.7. The van der Waals surface area contributed by atoms with Crippen LogP contribution in [0.5, 0.6) is 5.75 Å². The molecule has 0 aliphatic rings. The molecule has 3 aromatic carbocycles. The van der Waals surface area contributed by atoms with E-state index in [-0.39, 0.29) is 6.54 Å². The van der Waals surface area contributed by atoms with Gasteiger partial charge in [0.25, 0.3) is 0 Å². The summed E-state index contributed by atoms with van der Waals surface area (Å²) in [7, 11) is 0. The molecule has 1 atom stereocenters. The van der Waals surface area contributed by atoms with E-state index >= 15 is 0 Å². The monoisotopic (exact) mass is 481 g/mol. The van der Waals surface area contributed by atoms with Crippen molar-refractivity contribution in [1.29, 1.82) is 0 Å². The normalized spacial score (nSPS) is 11.2. The summed E-state index contributed by atoms with van der Waals surface area (Å²) in [4.78, 5) is 36.6. The lowest BCUT2D eigenvalue weighted by molar-refractivity contribution is -0.139. The largest absolute Gasteiger partial charge is 0.426 e. The molecule has 0 saturated carbocycles. The van der Waals surface area contributed by atoms with Crippen LogP contribution in [0.1, 0.15) is 22.3 Å². The number of carbonyl (C=O) groups excluding carboxylic acids is 3. The highest BCUT2D eigenvalue weighted by Crippen LogP contribution is 2.19. The average Bonchev–Trinajstić information content (AvgIpc) is 2.86. The van der Waals surface area contributed by atoms with Crippen LogP contribution in [0.4, 0.5) is 4.79 Å². The second-order valence-electron chi connectivity index (χ2n) is 7.32. The molecule has 0 radical (unpaired) electrons. The molecule has 1 unspecified atom stereocenters. The molecular formula is C26H24ClNO6. The Balaban J connectivity index is 1.47. The summed E-state index contributed by atoms with van der Waals surface area (Å²) >= 11 is 5.88. The summed E-state index contributed by atoms with van der Waals surface area (Å²) in [6.45, 7) is -0.357. The molecule has 0 saturated heterocycles. The van der Waals surface area contributed by atoms with E-state index in [1.807, 2.05) is 30.3 Å². The Morgan fingerprint density at radius 2 is 1.47 bits per heavy atom. The summed E-state index contributed by atoms with van der Waals surface area (Å²) in [6.07, 6.45) is 0.00390. The molecule has 176 valence electrons. The molecule has 1 N–H and O–H groups in total. The first-order valence-corrected chi connectivity index (χ1v) is 11.0. The second-order valence-corrected chi connectivity index (χ2v) is 7.76. The molecule has 7 nitrogen and oxygen atoms in total. The zero-order valence-electron chi connectivity index (χ0n) is 18.3. The minimum absolute atomic E-state index is 0.165. The third-order valence-corrected chi connectivity index (χ3v) is 5.09. The number of esters is 2. The molecule has 0 bridgehead atoms. The smallest absolute Gasteiger partial charge is 0.410 e. The van der Waals surface area contributed by atoms with Crippen LogP contribution in [-0.4, -0.2) is 31.4 Å². The first-order chi connectivity index (χ1) is 16.5. The Morgan fingerprint density at radius 3 is 2.15 bits per heavy atom. The van der Waals surface area contributed by atoms with Gasteiger partial charge in [-0.05, 0) is 54.8 Å². The number of hydrogen-bond acceptors (Lipinski definition) is 6. The fraction of sp³-hybridized carbons (Fsp3) is 0.192. The van der Waals surface area contributed by atoms with Gasteiger partial charge in [0, 0.05) is 11.6 Å². The molecule has 0 aliphatic carbocycles. The maximum absolute atomic E-state index is 12.8. The van der Waals surface area contributed by atoms with Crippen LogP contribution in [0.3, 0.4) is 0 Å². The van der Waals surface area contributed by atoms with Crippen LogP contribution in [0.2, 0.25) is 5.02 Å².